The van der Waals surface area contributed by atoms with E-state index in [1.807, 2.05) is 0 Å². The molecule has 0 saturated heterocycles. The summed E-state index contributed by atoms with van der Waals surface area (Å²) < 4.78 is 22.4. The van der Waals surface area contributed by atoms with Crippen LogP contribution in [0.25, 0.3) is 0 Å². The Kier molecular flexibility index (Phi) is 1.92. The number of aryl methyl sites for hydroxylation is 2. The molecule has 0 amide bonds. The van der Waals surface area contributed by atoms with E-state index in [2.05, 4.69) is 4.98 Å². The van der Waals surface area contributed by atoms with E-state index in [0.29, 0.717) is 10.6 Å². The van der Waals surface area contributed by atoms with Crippen LogP contribution < -0.4 is 0 Å². The molecule has 0 spiro atoms. The van der Waals surface area contributed by atoms with Gasteiger partial charge in [-0.25, -0.2) is 8.42 Å². The quantitative estimate of drug-likeness (QED) is 0.732. The van der Waals surface area contributed by atoms with E-state index < -0.39 is 9.05 Å². The zero-order valence-electron chi connectivity index (χ0n) is 7.22. The lowest BCUT2D eigenvalue weighted by Crippen LogP contribution is -1.95. The maximum atomic E-state index is 11.2. The van der Waals surface area contributed by atoms with Gasteiger partial charge in [0.25, 0.3) is 9.05 Å². The molecule has 1 N–H and O–H groups in total. The summed E-state index contributed by atoms with van der Waals surface area (Å²) >= 11 is 0. The van der Waals surface area contributed by atoms with Gasteiger partial charge in [-0.05, 0) is 31.7 Å². The third kappa shape index (κ3) is 1.38. The molecule has 1 aliphatic carbocycles. The van der Waals surface area contributed by atoms with Gasteiger partial charge in [0.15, 0.2) is 0 Å². The van der Waals surface area contributed by atoms with Gasteiger partial charge in [0.05, 0.1) is 0 Å². The zero-order valence-corrected chi connectivity index (χ0v) is 8.80. The van der Waals surface area contributed by atoms with E-state index in [0.717, 1.165) is 30.5 Å². The van der Waals surface area contributed by atoms with Gasteiger partial charge in [-0.1, -0.05) is 0 Å². The fraction of sp³-hybridized carbons (Fsp3) is 0.500. The molecule has 0 aliphatic heterocycles. The van der Waals surface area contributed by atoms with Gasteiger partial charge < -0.3 is 4.98 Å². The van der Waals surface area contributed by atoms with Crippen LogP contribution >= 0.6 is 10.7 Å². The van der Waals surface area contributed by atoms with Crippen molar-refractivity contribution >= 4 is 19.7 Å². The number of hydrogen-bond donors (Lipinski definition) is 1. The highest BCUT2D eigenvalue weighted by atomic mass is 35.7. The lowest BCUT2D eigenvalue weighted by atomic mass is 10.2. The van der Waals surface area contributed by atoms with E-state index in [1.165, 1.54) is 0 Å². The summed E-state index contributed by atoms with van der Waals surface area (Å²) in [6.07, 6.45) is 2.77. The molecular weight excluding hydrogens is 210 g/mol. The highest BCUT2D eigenvalue weighted by molar-refractivity contribution is 8.13. The first-order chi connectivity index (χ1) is 6.00. The second kappa shape index (κ2) is 2.75. The summed E-state index contributed by atoms with van der Waals surface area (Å²) in [6, 6.07) is 0. The molecule has 1 aromatic heterocycles. The fourth-order valence-electron chi connectivity index (χ4n) is 1.97. The fourth-order valence-corrected chi connectivity index (χ4v) is 3.53. The number of aromatic nitrogens is 1. The molecule has 3 nitrogen and oxygen atoms in total. The minimum absolute atomic E-state index is 0.307. The third-order valence-electron chi connectivity index (χ3n) is 2.41. The van der Waals surface area contributed by atoms with Gasteiger partial charge in [0.2, 0.25) is 0 Å². The Morgan fingerprint density at radius 3 is 2.69 bits per heavy atom. The summed E-state index contributed by atoms with van der Waals surface area (Å²) in [4.78, 5) is 3.38. The minimum atomic E-state index is -3.57. The monoisotopic (exact) mass is 219 g/mol. The molecule has 0 aromatic carbocycles. The summed E-state index contributed by atoms with van der Waals surface area (Å²) in [5.74, 6) is 0. The van der Waals surface area contributed by atoms with E-state index in [1.54, 1.807) is 6.92 Å². The predicted molar refractivity (Wildman–Crippen MR) is 50.6 cm³/mol. The Morgan fingerprint density at radius 1 is 1.38 bits per heavy atom. The summed E-state index contributed by atoms with van der Waals surface area (Å²) in [5.41, 5.74) is 2.60. The molecule has 0 unspecified atom stereocenters. The number of rotatable bonds is 1. The van der Waals surface area contributed by atoms with Gasteiger partial charge >= 0.3 is 0 Å². The van der Waals surface area contributed by atoms with Crippen LogP contribution in [0.1, 0.15) is 23.4 Å². The first kappa shape index (κ1) is 9.09. The van der Waals surface area contributed by atoms with Crippen molar-refractivity contribution < 1.29 is 8.42 Å². The molecular formula is C8H10ClNO2S. The average molecular weight is 220 g/mol. The number of aromatic amines is 1. The molecule has 72 valence electrons. The van der Waals surface area contributed by atoms with Gasteiger partial charge in [0.1, 0.15) is 4.90 Å². The van der Waals surface area contributed by atoms with Gasteiger partial charge in [-0.3, -0.25) is 0 Å². The van der Waals surface area contributed by atoms with Crippen LogP contribution in [-0.4, -0.2) is 13.4 Å². The molecule has 0 atom stereocenters. The second-order valence-corrected chi connectivity index (χ2v) is 5.83. The Morgan fingerprint density at radius 2 is 2.08 bits per heavy atom. The van der Waals surface area contributed by atoms with Crippen molar-refractivity contribution in [2.24, 2.45) is 0 Å². The van der Waals surface area contributed by atoms with Crippen molar-refractivity contribution in [1.29, 1.82) is 0 Å². The van der Waals surface area contributed by atoms with Gasteiger partial charge in [-0.15, -0.1) is 0 Å². The Balaban J connectivity index is 2.70. The maximum Gasteiger partial charge on any atom is 0.263 e. The first-order valence-corrected chi connectivity index (χ1v) is 6.46. The smallest absolute Gasteiger partial charge is 0.263 e. The van der Waals surface area contributed by atoms with Crippen molar-refractivity contribution in [3.05, 3.63) is 17.0 Å². The van der Waals surface area contributed by atoms with Crippen molar-refractivity contribution in [2.45, 2.75) is 31.1 Å². The molecule has 0 fully saturated rings. The molecule has 0 saturated carbocycles. The minimum Gasteiger partial charge on any atom is -0.361 e. The molecule has 1 aromatic rings. The lowest BCUT2D eigenvalue weighted by molar-refractivity contribution is 0.608. The van der Waals surface area contributed by atoms with E-state index in [4.69, 9.17) is 10.7 Å². The Bertz CT molecular complexity index is 447. The van der Waals surface area contributed by atoms with Crippen molar-refractivity contribution in [3.63, 3.8) is 0 Å². The van der Waals surface area contributed by atoms with E-state index in [-0.39, 0.29) is 0 Å². The van der Waals surface area contributed by atoms with Crippen LogP contribution in [0.4, 0.5) is 0 Å². The number of nitrogens with one attached hydrogen (secondary N) is 1. The normalized spacial score (nSPS) is 16.2. The van der Waals surface area contributed by atoms with Gasteiger partial charge in [0, 0.05) is 22.1 Å². The van der Waals surface area contributed by atoms with Crippen LogP contribution in [0.5, 0.6) is 0 Å². The molecule has 2 rings (SSSR count). The van der Waals surface area contributed by atoms with Gasteiger partial charge in [-0.2, -0.15) is 0 Å². The van der Waals surface area contributed by atoms with E-state index in [9.17, 15) is 8.42 Å². The largest absolute Gasteiger partial charge is 0.361 e. The molecule has 13 heavy (non-hydrogen) atoms. The number of H-pyrrole nitrogens is 1. The van der Waals surface area contributed by atoms with Crippen LogP contribution in [0.3, 0.4) is 0 Å². The predicted octanol–water partition coefficient (Wildman–Crippen LogP) is 1.74. The number of hydrogen-bond acceptors (Lipinski definition) is 2. The first-order valence-electron chi connectivity index (χ1n) is 4.15. The standard InChI is InChI=1S/C8H10ClNO2S/c1-5-8(13(9,11)12)6-3-2-4-7(6)10-5/h10H,2-4H2,1H3. The summed E-state index contributed by atoms with van der Waals surface area (Å²) in [6.45, 7) is 1.74. The topological polar surface area (TPSA) is 49.9 Å². The number of fused-ring (bicyclic) bond motifs is 1. The molecule has 1 aliphatic rings. The highest BCUT2D eigenvalue weighted by Gasteiger charge is 2.26. The Hall–Kier alpha value is -0.480. The SMILES string of the molecule is Cc1[nH]c2c(c1S(=O)(=O)Cl)CCC2. The van der Waals surface area contributed by atoms with E-state index >= 15 is 0 Å². The van der Waals surface area contributed by atoms with Crippen molar-refractivity contribution in [3.8, 4) is 0 Å². The lowest BCUT2D eigenvalue weighted by Gasteiger charge is -1.97. The van der Waals surface area contributed by atoms with Crippen molar-refractivity contribution in [1.82, 2.24) is 4.98 Å². The van der Waals surface area contributed by atoms with Crippen LogP contribution in [0, 0.1) is 6.92 Å². The van der Waals surface area contributed by atoms with Crippen LogP contribution in [0.2, 0.25) is 0 Å². The summed E-state index contributed by atoms with van der Waals surface area (Å²) in [7, 11) is 1.77. The zero-order chi connectivity index (χ0) is 9.64. The molecule has 0 radical (unpaired) electrons. The second-order valence-electron chi connectivity index (χ2n) is 3.33. The highest BCUT2D eigenvalue weighted by Crippen LogP contribution is 2.32. The van der Waals surface area contributed by atoms with Crippen LogP contribution in [-0.2, 0) is 21.9 Å². The maximum absolute atomic E-state index is 11.2. The number of halogens is 1. The van der Waals surface area contributed by atoms with Crippen molar-refractivity contribution in [2.75, 3.05) is 0 Å². The molecule has 0 bridgehead atoms. The molecule has 1 heterocycles. The average Bonchev–Trinajstić information content (AvgIpc) is 2.41. The third-order valence-corrected chi connectivity index (χ3v) is 3.92. The molecule has 5 heteroatoms. The Labute approximate surface area is 81.5 Å². The summed E-state index contributed by atoms with van der Waals surface area (Å²) in [5, 5.41) is 0. The van der Waals surface area contributed by atoms with Crippen LogP contribution in [0.15, 0.2) is 4.90 Å².